The zero-order valence-electron chi connectivity index (χ0n) is 10.5. The minimum atomic E-state index is -0.600. The number of carbonyl (C=O) groups excluding carboxylic acids is 2. The molecule has 3 fully saturated rings. The molecule has 1 saturated heterocycles. The summed E-state index contributed by atoms with van der Waals surface area (Å²) >= 11 is 0. The molecule has 1 heterocycles. The molecule has 0 aromatic heterocycles. The largest absolute Gasteiger partial charge is 0.467 e. The Hall–Kier alpha value is -1.10. The Morgan fingerprint density at radius 3 is 2.56 bits per heavy atom. The van der Waals surface area contributed by atoms with E-state index >= 15 is 0 Å². The Labute approximate surface area is 106 Å². The van der Waals surface area contributed by atoms with Crippen LogP contribution in [0.3, 0.4) is 0 Å². The van der Waals surface area contributed by atoms with Gasteiger partial charge in [-0.15, -0.1) is 0 Å². The normalized spacial score (nSPS) is 41.7. The van der Waals surface area contributed by atoms with Gasteiger partial charge in [0.05, 0.1) is 13.2 Å². The SMILES string of the molecule is COC(=O)C1CC(O)CN1C(=O)C1C2CCCC21. The average Bonchev–Trinajstić information content (AvgIpc) is 2.75. The van der Waals surface area contributed by atoms with Crippen molar-refractivity contribution >= 4 is 11.9 Å². The quantitative estimate of drug-likeness (QED) is 0.712. The van der Waals surface area contributed by atoms with E-state index in [2.05, 4.69) is 0 Å². The summed E-state index contributed by atoms with van der Waals surface area (Å²) in [5.74, 6) is 0.820. The standard InChI is InChI=1S/C13H19NO4/c1-18-13(17)10-5-7(15)6-14(10)12(16)11-8-3-2-4-9(8)11/h7-11,15H,2-6H2,1H3. The van der Waals surface area contributed by atoms with Crippen LogP contribution in [0.2, 0.25) is 0 Å². The van der Waals surface area contributed by atoms with Gasteiger partial charge in [0.1, 0.15) is 6.04 Å². The molecule has 4 atom stereocenters. The number of hydrogen-bond acceptors (Lipinski definition) is 4. The topological polar surface area (TPSA) is 66.8 Å². The van der Waals surface area contributed by atoms with Gasteiger partial charge in [-0.3, -0.25) is 4.79 Å². The van der Waals surface area contributed by atoms with Crippen molar-refractivity contribution in [2.45, 2.75) is 37.8 Å². The lowest BCUT2D eigenvalue weighted by Gasteiger charge is -2.23. The van der Waals surface area contributed by atoms with E-state index in [0.29, 0.717) is 18.3 Å². The van der Waals surface area contributed by atoms with Crippen molar-refractivity contribution in [2.24, 2.45) is 17.8 Å². The van der Waals surface area contributed by atoms with Gasteiger partial charge >= 0.3 is 5.97 Å². The van der Waals surface area contributed by atoms with Crippen molar-refractivity contribution < 1.29 is 19.4 Å². The highest BCUT2D eigenvalue weighted by atomic mass is 16.5. The molecule has 1 N–H and O–H groups in total. The molecule has 2 saturated carbocycles. The van der Waals surface area contributed by atoms with E-state index in [9.17, 15) is 14.7 Å². The summed E-state index contributed by atoms with van der Waals surface area (Å²) in [7, 11) is 1.32. The fourth-order valence-corrected chi connectivity index (χ4v) is 3.80. The average molecular weight is 253 g/mol. The summed E-state index contributed by atoms with van der Waals surface area (Å²) in [6, 6.07) is -0.584. The van der Waals surface area contributed by atoms with Gasteiger partial charge in [0.2, 0.25) is 5.91 Å². The van der Waals surface area contributed by atoms with Gasteiger partial charge in [-0.25, -0.2) is 4.79 Å². The lowest BCUT2D eigenvalue weighted by molar-refractivity contribution is -0.151. The second-order valence-electron chi connectivity index (χ2n) is 5.70. The zero-order valence-corrected chi connectivity index (χ0v) is 10.5. The molecular formula is C13H19NO4. The number of β-amino-alcohol motifs (C(OH)–C–C–N with tert-alkyl or cyclic N) is 1. The number of esters is 1. The van der Waals surface area contributed by atoms with Crippen molar-refractivity contribution in [1.29, 1.82) is 0 Å². The van der Waals surface area contributed by atoms with E-state index in [0.717, 1.165) is 12.8 Å². The van der Waals surface area contributed by atoms with Gasteiger partial charge in [0.25, 0.3) is 0 Å². The van der Waals surface area contributed by atoms with Crippen LogP contribution >= 0.6 is 0 Å². The van der Waals surface area contributed by atoms with E-state index in [1.54, 1.807) is 4.90 Å². The van der Waals surface area contributed by atoms with Crippen molar-refractivity contribution in [2.75, 3.05) is 13.7 Å². The molecule has 0 spiro atoms. The summed E-state index contributed by atoms with van der Waals surface area (Å²) in [5.41, 5.74) is 0. The molecule has 0 aromatic carbocycles. The molecule has 0 bridgehead atoms. The molecular weight excluding hydrogens is 234 g/mol. The molecule has 0 aromatic rings. The van der Waals surface area contributed by atoms with E-state index in [-0.39, 0.29) is 18.4 Å². The Morgan fingerprint density at radius 2 is 1.94 bits per heavy atom. The second-order valence-corrected chi connectivity index (χ2v) is 5.70. The van der Waals surface area contributed by atoms with Crippen LogP contribution in [0.4, 0.5) is 0 Å². The van der Waals surface area contributed by atoms with E-state index in [4.69, 9.17) is 4.74 Å². The molecule has 100 valence electrons. The van der Waals surface area contributed by atoms with Crippen LogP contribution in [-0.2, 0) is 14.3 Å². The van der Waals surface area contributed by atoms with Crippen LogP contribution in [0.25, 0.3) is 0 Å². The minimum Gasteiger partial charge on any atom is -0.467 e. The lowest BCUT2D eigenvalue weighted by Crippen LogP contribution is -2.42. The van der Waals surface area contributed by atoms with Crippen LogP contribution < -0.4 is 0 Å². The Kier molecular flexibility index (Phi) is 2.81. The first-order chi connectivity index (χ1) is 8.63. The zero-order chi connectivity index (χ0) is 12.9. The highest BCUT2D eigenvalue weighted by Gasteiger charge is 2.59. The Bertz CT molecular complexity index is 373. The van der Waals surface area contributed by atoms with Crippen molar-refractivity contribution in [3.05, 3.63) is 0 Å². The molecule has 18 heavy (non-hydrogen) atoms. The number of likely N-dealkylation sites (tertiary alicyclic amines) is 1. The number of aliphatic hydroxyl groups excluding tert-OH is 1. The van der Waals surface area contributed by atoms with Crippen molar-refractivity contribution in [1.82, 2.24) is 4.90 Å². The fourth-order valence-electron chi connectivity index (χ4n) is 3.80. The predicted molar refractivity (Wildman–Crippen MR) is 62.5 cm³/mol. The Balaban J connectivity index is 1.70. The van der Waals surface area contributed by atoms with Gasteiger partial charge < -0.3 is 14.7 Å². The molecule has 0 radical (unpaired) electrons. The number of amides is 1. The molecule has 3 aliphatic rings. The highest BCUT2D eigenvalue weighted by molar-refractivity contribution is 5.88. The number of methoxy groups -OCH3 is 1. The number of fused-ring (bicyclic) bond motifs is 1. The number of ether oxygens (including phenoxy) is 1. The second kappa shape index (κ2) is 4.23. The lowest BCUT2D eigenvalue weighted by atomic mass is 10.1. The number of rotatable bonds is 2. The van der Waals surface area contributed by atoms with Crippen molar-refractivity contribution in [3.8, 4) is 0 Å². The van der Waals surface area contributed by atoms with Crippen LogP contribution in [0.5, 0.6) is 0 Å². The fraction of sp³-hybridized carbons (Fsp3) is 0.846. The van der Waals surface area contributed by atoms with Crippen LogP contribution in [0.1, 0.15) is 25.7 Å². The third-order valence-corrected chi connectivity index (χ3v) is 4.73. The number of aliphatic hydroxyl groups is 1. The summed E-state index contributed by atoms with van der Waals surface area (Å²) in [6.07, 6.45) is 3.21. The number of nitrogens with zero attached hydrogens (tertiary/aromatic N) is 1. The molecule has 4 unspecified atom stereocenters. The van der Waals surface area contributed by atoms with Gasteiger partial charge in [-0.05, 0) is 24.7 Å². The van der Waals surface area contributed by atoms with Gasteiger partial charge in [-0.2, -0.15) is 0 Å². The number of hydrogen-bond donors (Lipinski definition) is 1. The third kappa shape index (κ3) is 1.72. The van der Waals surface area contributed by atoms with Crippen LogP contribution in [-0.4, -0.2) is 47.7 Å². The third-order valence-electron chi connectivity index (χ3n) is 4.73. The molecule has 5 nitrogen and oxygen atoms in total. The summed E-state index contributed by atoms with van der Waals surface area (Å²) in [4.78, 5) is 25.6. The molecule has 1 aliphatic heterocycles. The van der Waals surface area contributed by atoms with E-state index < -0.39 is 18.1 Å². The first-order valence-electron chi connectivity index (χ1n) is 6.70. The minimum absolute atomic E-state index is 0.0525. The molecule has 1 amide bonds. The maximum absolute atomic E-state index is 12.4. The summed E-state index contributed by atoms with van der Waals surface area (Å²) < 4.78 is 4.71. The van der Waals surface area contributed by atoms with E-state index in [1.807, 2.05) is 0 Å². The monoisotopic (exact) mass is 253 g/mol. The molecule has 3 rings (SSSR count). The summed E-state index contributed by atoms with van der Waals surface area (Å²) in [6.45, 7) is 0.272. The smallest absolute Gasteiger partial charge is 0.328 e. The molecule has 5 heteroatoms. The van der Waals surface area contributed by atoms with E-state index in [1.165, 1.54) is 13.5 Å². The Morgan fingerprint density at radius 1 is 1.28 bits per heavy atom. The van der Waals surface area contributed by atoms with Gasteiger partial charge in [-0.1, -0.05) is 6.42 Å². The van der Waals surface area contributed by atoms with Crippen LogP contribution in [0, 0.1) is 17.8 Å². The predicted octanol–water partition coefficient (Wildman–Crippen LogP) is 0.167. The van der Waals surface area contributed by atoms with Gasteiger partial charge in [0, 0.05) is 18.9 Å². The van der Waals surface area contributed by atoms with Gasteiger partial charge in [0.15, 0.2) is 0 Å². The van der Waals surface area contributed by atoms with Crippen LogP contribution in [0.15, 0.2) is 0 Å². The maximum atomic E-state index is 12.4. The number of carbonyl (C=O) groups is 2. The maximum Gasteiger partial charge on any atom is 0.328 e. The first kappa shape index (κ1) is 12.0. The van der Waals surface area contributed by atoms with Crippen molar-refractivity contribution in [3.63, 3.8) is 0 Å². The summed E-state index contributed by atoms with van der Waals surface area (Å²) in [5, 5.41) is 9.67. The first-order valence-corrected chi connectivity index (χ1v) is 6.70. The molecule has 2 aliphatic carbocycles. The highest BCUT2D eigenvalue weighted by Crippen LogP contribution is 2.58.